The van der Waals surface area contributed by atoms with Crippen molar-refractivity contribution in [3.05, 3.63) is 29.3 Å². The van der Waals surface area contributed by atoms with E-state index in [2.05, 4.69) is 0 Å². The Hall–Kier alpha value is -1.02. The molecule has 0 heterocycles. The Bertz CT molecular complexity index is 218. The fourth-order valence-electron chi connectivity index (χ4n) is 0.719. The lowest BCUT2D eigenvalue weighted by atomic mass is 10.1. The van der Waals surface area contributed by atoms with Gasteiger partial charge in [-0.3, -0.25) is 0 Å². The predicted molar refractivity (Wildman–Crippen MR) is 41.2 cm³/mol. The smallest absolute Gasteiger partial charge is 0.118 e. The Labute approximate surface area is 60.4 Å². The molecule has 10 heavy (non-hydrogen) atoms. The number of benzene rings is 1. The van der Waals surface area contributed by atoms with Crippen LogP contribution in [-0.4, -0.2) is 10.6 Å². The van der Waals surface area contributed by atoms with Crippen molar-refractivity contribution in [1.82, 2.24) is 0 Å². The molecule has 0 unspecified atom stereocenters. The van der Waals surface area contributed by atoms with Crippen LogP contribution in [0.2, 0.25) is 0 Å². The average Bonchev–Trinajstić information content (AvgIpc) is 1.80. The average molecular weight is 140 g/mol. The van der Waals surface area contributed by atoms with Crippen LogP contribution >= 0.6 is 0 Å². The molecule has 2 nitrogen and oxygen atoms in total. The molecule has 0 spiro atoms. The first-order valence-corrected chi connectivity index (χ1v) is 2.96. The lowest BCUT2D eigenvalue weighted by molar-refractivity contribution is 0.470. The van der Waals surface area contributed by atoms with Gasteiger partial charge in [0.1, 0.15) is 5.75 Å². The van der Waals surface area contributed by atoms with E-state index in [0.717, 1.165) is 11.1 Å². The third-order valence-corrected chi connectivity index (χ3v) is 1.36. The zero-order valence-electron chi connectivity index (χ0n) is 6.18. The molecule has 1 rings (SSSR count). The molecule has 2 heteroatoms. The number of hydrogen-bond donors (Lipinski definition) is 1. The third-order valence-electron chi connectivity index (χ3n) is 1.36. The Morgan fingerprint density at radius 2 is 1.80 bits per heavy atom. The summed E-state index contributed by atoms with van der Waals surface area (Å²) in [6.45, 7) is 3.84. The van der Waals surface area contributed by atoms with Crippen LogP contribution in [-0.2, 0) is 0 Å². The van der Waals surface area contributed by atoms with E-state index in [-0.39, 0.29) is 5.48 Å². The highest BCUT2D eigenvalue weighted by molar-refractivity contribution is 5.34. The van der Waals surface area contributed by atoms with Crippen LogP contribution in [0.5, 0.6) is 5.75 Å². The highest BCUT2D eigenvalue weighted by Crippen LogP contribution is 2.15. The molecular weight excluding hydrogens is 128 g/mol. The van der Waals surface area contributed by atoms with Crippen molar-refractivity contribution < 1.29 is 10.6 Å². The van der Waals surface area contributed by atoms with Gasteiger partial charge >= 0.3 is 0 Å². The summed E-state index contributed by atoms with van der Waals surface area (Å²) in [6.07, 6.45) is 0. The zero-order chi connectivity index (χ0) is 6.85. The Kier molecular flexibility index (Phi) is 2.90. The van der Waals surface area contributed by atoms with E-state index >= 15 is 0 Å². The number of aryl methyl sites for hydroxylation is 2. The maximum atomic E-state index is 9.10. The van der Waals surface area contributed by atoms with Crippen LogP contribution in [0.4, 0.5) is 0 Å². The van der Waals surface area contributed by atoms with Gasteiger partial charge in [-0.2, -0.15) is 0 Å². The number of hydrogen-bond acceptors (Lipinski definition) is 1. The van der Waals surface area contributed by atoms with Crippen LogP contribution < -0.4 is 0 Å². The van der Waals surface area contributed by atoms with Crippen molar-refractivity contribution in [3.8, 4) is 5.75 Å². The SMILES string of the molecule is Cc1ccc(C)c(O)c1.O. The zero-order valence-corrected chi connectivity index (χ0v) is 6.18. The molecule has 0 fully saturated rings. The largest absolute Gasteiger partial charge is 0.508 e. The van der Waals surface area contributed by atoms with E-state index in [0.29, 0.717) is 5.75 Å². The van der Waals surface area contributed by atoms with Crippen LogP contribution in [0.25, 0.3) is 0 Å². The monoisotopic (exact) mass is 140 g/mol. The van der Waals surface area contributed by atoms with Crippen LogP contribution in [0.1, 0.15) is 11.1 Å². The molecule has 56 valence electrons. The van der Waals surface area contributed by atoms with Gasteiger partial charge in [-0.15, -0.1) is 0 Å². The molecule has 0 radical (unpaired) electrons. The van der Waals surface area contributed by atoms with Gasteiger partial charge in [0, 0.05) is 0 Å². The van der Waals surface area contributed by atoms with Crippen molar-refractivity contribution in [3.63, 3.8) is 0 Å². The summed E-state index contributed by atoms with van der Waals surface area (Å²) >= 11 is 0. The molecule has 0 atom stereocenters. The van der Waals surface area contributed by atoms with Gasteiger partial charge < -0.3 is 10.6 Å². The van der Waals surface area contributed by atoms with Gasteiger partial charge in [0.05, 0.1) is 0 Å². The minimum Gasteiger partial charge on any atom is -0.508 e. The maximum absolute atomic E-state index is 9.10. The molecule has 3 N–H and O–H groups in total. The molecule has 0 aliphatic heterocycles. The van der Waals surface area contributed by atoms with Gasteiger partial charge in [-0.1, -0.05) is 12.1 Å². The molecular formula is C8H12O2. The van der Waals surface area contributed by atoms with Crippen LogP contribution in [0.15, 0.2) is 18.2 Å². The highest BCUT2D eigenvalue weighted by atomic mass is 16.3. The van der Waals surface area contributed by atoms with Crippen LogP contribution in [0.3, 0.4) is 0 Å². The molecule has 1 aromatic rings. The summed E-state index contributed by atoms with van der Waals surface area (Å²) in [5.74, 6) is 0.384. The summed E-state index contributed by atoms with van der Waals surface area (Å²) in [5, 5.41) is 9.10. The third kappa shape index (κ3) is 1.74. The van der Waals surface area contributed by atoms with E-state index in [4.69, 9.17) is 5.11 Å². The minimum absolute atomic E-state index is 0. The fraction of sp³-hybridized carbons (Fsp3) is 0.250. The maximum Gasteiger partial charge on any atom is 0.118 e. The normalized spacial score (nSPS) is 8.60. The molecule has 0 saturated heterocycles. The van der Waals surface area contributed by atoms with Gasteiger partial charge in [0.25, 0.3) is 0 Å². The quantitative estimate of drug-likeness (QED) is 0.578. The number of phenols is 1. The molecule has 0 aliphatic carbocycles. The van der Waals surface area contributed by atoms with E-state index in [1.165, 1.54) is 0 Å². The number of rotatable bonds is 0. The van der Waals surface area contributed by atoms with Crippen molar-refractivity contribution >= 4 is 0 Å². The Morgan fingerprint density at radius 3 is 2.20 bits per heavy atom. The first-order chi connectivity index (χ1) is 4.20. The Balaban J connectivity index is 0.000000810. The molecule has 0 bridgehead atoms. The summed E-state index contributed by atoms with van der Waals surface area (Å²) in [4.78, 5) is 0. The first kappa shape index (κ1) is 8.98. The number of aromatic hydroxyl groups is 1. The predicted octanol–water partition coefficient (Wildman–Crippen LogP) is 1.18. The lowest BCUT2D eigenvalue weighted by Gasteiger charge is -1.97. The standard InChI is InChI=1S/C8H10O.H2O/c1-6-3-4-7(2)8(9)5-6;/h3-5,9H,1-2H3;1H2. The van der Waals surface area contributed by atoms with Gasteiger partial charge in [-0.25, -0.2) is 0 Å². The highest BCUT2D eigenvalue weighted by Gasteiger charge is 1.91. The number of phenolic OH excluding ortho intramolecular Hbond substituents is 1. The van der Waals surface area contributed by atoms with Gasteiger partial charge in [0.15, 0.2) is 0 Å². The van der Waals surface area contributed by atoms with E-state index in [1.54, 1.807) is 6.07 Å². The van der Waals surface area contributed by atoms with Crippen molar-refractivity contribution in [2.45, 2.75) is 13.8 Å². The molecule has 0 aliphatic rings. The summed E-state index contributed by atoms with van der Waals surface area (Å²) < 4.78 is 0. The minimum atomic E-state index is 0. The first-order valence-electron chi connectivity index (χ1n) is 2.96. The topological polar surface area (TPSA) is 51.7 Å². The summed E-state index contributed by atoms with van der Waals surface area (Å²) in [5.41, 5.74) is 2.03. The second kappa shape index (κ2) is 3.22. The van der Waals surface area contributed by atoms with Crippen molar-refractivity contribution in [1.29, 1.82) is 0 Å². The van der Waals surface area contributed by atoms with E-state index < -0.39 is 0 Å². The fourth-order valence-corrected chi connectivity index (χ4v) is 0.719. The second-order valence-electron chi connectivity index (χ2n) is 2.29. The summed E-state index contributed by atoms with van der Waals surface area (Å²) in [6, 6.07) is 5.65. The van der Waals surface area contributed by atoms with Gasteiger partial charge in [0.2, 0.25) is 0 Å². The van der Waals surface area contributed by atoms with Gasteiger partial charge in [-0.05, 0) is 31.0 Å². The summed E-state index contributed by atoms with van der Waals surface area (Å²) in [7, 11) is 0. The Morgan fingerprint density at radius 1 is 1.20 bits per heavy atom. The molecule has 0 amide bonds. The lowest BCUT2D eigenvalue weighted by Crippen LogP contribution is -1.74. The molecule has 0 saturated carbocycles. The van der Waals surface area contributed by atoms with Crippen molar-refractivity contribution in [2.75, 3.05) is 0 Å². The van der Waals surface area contributed by atoms with Crippen LogP contribution in [0, 0.1) is 13.8 Å². The molecule has 0 aromatic heterocycles. The van der Waals surface area contributed by atoms with E-state index in [1.807, 2.05) is 26.0 Å². The van der Waals surface area contributed by atoms with E-state index in [9.17, 15) is 0 Å². The van der Waals surface area contributed by atoms with Crippen molar-refractivity contribution in [2.24, 2.45) is 0 Å². The molecule has 1 aromatic carbocycles. The second-order valence-corrected chi connectivity index (χ2v) is 2.29.